The predicted molar refractivity (Wildman–Crippen MR) is 114 cm³/mol. The number of fused-ring (bicyclic) bond motifs is 1. The van der Waals surface area contributed by atoms with Gasteiger partial charge in [0.05, 0.1) is 28.1 Å². The van der Waals surface area contributed by atoms with Crippen LogP contribution in [0.4, 0.5) is 24.5 Å². The Morgan fingerprint density at radius 3 is 2.26 bits per heavy atom. The Bertz CT molecular complexity index is 1360. The zero-order valence-corrected chi connectivity index (χ0v) is 17.7. The average molecular weight is 489 g/mol. The summed E-state index contributed by atoms with van der Waals surface area (Å²) in [5, 5.41) is 2.37. The second-order valence-corrected chi connectivity index (χ2v) is 7.47. The molecule has 4 rings (SSSR count). The molecular weight excluding hydrogens is 477 g/mol. The molecule has 1 N–H and O–H groups in total. The number of esters is 1. The van der Waals surface area contributed by atoms with Crippen LogP contribution in [-0.4, -0.2) is 30.3 Å². The zero-order valence-electron chi connectivity index (χ0n) is 16.9. The minimum Gasteiger partial charge on any atom is -0.452 e. The second kappa shape index (κ2) is 8.99. The third kappa shape index (κ3) is 4.23. The molecule has 0 bridgehead atoms. The number of rotatable bonds is 5. The molecule has 7 nitrogen and oxygen atoms in total. The normalized spacial score (nSPS) is 12.5. The van der Waals surface area contributed by atoms with E-state index in [-0.39, 0.29) is 16.7 Å². The maximum atomic E-state index is 13.6. The summed E-state index contributed by atoms with van der Waals surface area (Å²) < 4.78 is 44.7. The van der Waals surface area contributed by atoms with Crippen molar-refractivity contribution in [2.24, 2.45) is 0 Å². The van der Waals surface area contributed by atoms with Crippen LogP contribution in [-0.2, 0) is 9.53 Å². The lowest BCUT2D eigenvalue weighted by molar-refractivity contribution is -0.119. The number of benzene rings is 3. The van der Waals surface area contributed by atoms with Crippen molar-refractivity contribution in [2.75, 3.05) is 16.8 Å². The first-order valence-electron chi connectivity index (χ1n) is 9.56. The summed E-state index contributed by atoms with van der Waals surface area (Å²) >= 11 is 5.84. The lowest BCUT2D eigenvalue weighted by Gasteiger charge is -2.13. The highest BCUT2D eigenvalue weighted by atomic mass is 35.5. The lowest BCUT2D eigenvalue weighted by Crippen LogP contribution is -2.29. The predicted octanol–water partition coefficient (Wildman–Crippen LogP) is 4.35. The van der Waals surface area contributed by atoms with Crippen molar-refractivity contribution in [1.29, 1.82) is 0 Å². The zero-order chi connectivity index (χ0) is 24.6. The molecule has 34 heavy (non-hydrogen) atoms. The second-order valence-electron chi connectivity index (χ2n) is 7.03. The van der Waals surface area contributed by atoms with E-state index in [1.54, 1.807) is 0 Å². The highest BCUT2D eigenvalue weighted by Crippen LogP contribution is 2.30. The number of nitrogens with one attached hydrogen (secondary N) is 1. The number of nitrogens with zero attached hydrogens (tertiary/aromatic N) is 1. The van der Waals surface area contributed by atoms with Crippen LogP contribution >= 0.6 is 11.6 Å². The smallest absolute Gasteiger partial charge is 0.338 e. The highest BCUT2D eigenvalue weighted by Gasteiger charge is 2.37. The van der Waals surface area contributed by atoms with Gasteiger partial charge in [-0.3, -0.25) is 14.4 Å². The van der Waals surface area contributed by atoms with Gasteiger partial charge in [-0.2, -0.15) is 0 Å². The van der Waals surface area contributed by atoms with E-state index in [1.807, 2.05) is 5.32 Å². The van der Waals surface area contributed by atoms with Gasteiger partial charge < -0.3 is 10.1 Å². The largest absolute Gasteiger partial charge is 0.452 e. The molecule has 1 aliphatic rings. The van der Waals surface area contributed by atoms with Crippen molar-refractivity contribution in [3.8, 4) is 0 Å². The van der Waals surface area contributed by atoms with Crippen LogP contribution in [0.25, 0.3) is 0 Å². The Labute approximate surface area is 194 Å². The van der Waals surface area contributed by atoms with Gasteiger partial charge in [-0.05, 0) is 54.6 Å². The molecule has 11 heteroatoms. The molecule has 0 unspecified atom stereocenters. The number of halogens is 4. The molecule has 0 spiro atoms. The molecule has 1 heterocycles. The van der Waals surface area contributed by atoms with Gasteiger partial charge in [0.1, 0.15) is 0 Å². The van der Waals surface area contributed by atoms with Crippen LogP contribution in [0.1, 0.15) is 31.1 Å². The van der Waals surface area contributed by atoms with Gasteiger partial charge >= 0.3 is 5.97 Å². The molecular formula is C23H12ClF3N2O5. The van der Waals surface area contributed by atoms with Gasteiger partial charge in [0, 0.05) is 5.02 Å². The Hall–Kier alpha value is -4.18. The summed E-state index contributed by atoms with van der Waals surface area (Å²) in [7, 11) is 0. The summed E-state index contributed by atoms with van der Waals surface area (Å²) in [4.78, 5) is 50.6. The molecule has 1 aliphatic heterocycles. The molecule has 172 valence electrons. The summed E-state index contributed by atoms with van der Waals surface area (Å²) in [6.45, 7) is -0.877. The van der Waals surface area contributed by atoms with Crippen LogP contribution in [0.2, 0.25) is 5.02 Å². The first kappa shape index (κ1) is 23.0. The SMILES string of the molecule is O=C(COC(=O)c1ccc2c(c1)C(=O)N(c1ccc(Cl)cc1)C2=O)Nc1ccc(F)c(F)c1F. The Balaban J connectivity index is 1.44. The summed E-state index contributed by atoms with van der Waals surface area (Å²) in [5.41, 5.74) is -0.430. The molecule has 0 atom stereocenters. The number of anilines is 2. The Morgan fingerprint density at radius 1 is 0.882 bits per heavy atom. The number of ether oxygens (including phenoxy) is 1. The number of carbonyl (C=O) groups is 4. The minimum atomic E-state index is -1.76. The minimum absolute atomic E-state index is 0.0392. The quantitative estimate of drug-likeness (QED) is 0.327. The Morgan fingerprint density at radius 2 is 1.56 bits per heavy atom. The molecule has 3 aromatic carbocycles. The van der Waals surface area contributed by atoms with Crippen molar-refractivity contribution in [3.05, 3.63) is 93.8 Å². The Kier molecular flexibility index (Phi) is 6.08. The molecule has 0 saturated carbocycles. The third-order valence-corrected chi connectivity index (χ3v) is 5.10. The van der Waals surface area contributed by atoms with Crippen LogP contribution < -0.4 is 10.2 Å². The number of imide groups is 1. The van der Waals surface area contributed by atoms with E-state index < -0.39 is 53.4 Å². The molecule has 0 aliphatic carbocycles. The first-order chi connectivity index (χ1) is 16.2. The number of hydrogen-bond acceptors (Lipinski definition) is 5. The van der Waals surface area contributed by atoms with E-state index in [0.717, 1.165) is 17.0 Å². The fourth-order valence-electron chi connectivity index (χ4n) is 3.22. The van der Waals surface area contributed by atoms with Crippen molar-refractivity contribution >= 4 is 46.7 Å². The average Bonchev–Trinajstić information content (AvgIpc) is 3.08. The van der Waals surface area contributed by atoms with Gasteiger partial charge in [-0.15, -0.1) is 0 Å². The van der Waals surface area contributed by atoms with E-state index in [1.165, 1.54) is 36.4 Å². The number of amides is 3. The molecule has 3 aromatic rings. The fourth-order valence-corrected chi connectivity index (χ4v) is 3.34. The van der Waals surface area contributed by atoms with Gasteiger partial charge in [-0.1, -0.05) is 11.6 Å². The van der Waals surface area contributed by atoms with E-state index in [9.17, 15) is 32.3 Å². The van der Waals surface area contributed by atoms with Crippen molar-refractivity contribution in [1.82, 2.24) is 0 Å². The van der Waals surface area contributed by atoms with E-state index in [0.29, 0.717) is 16.8 Å². The number of hydrogen-bond donors (Lipinski definition) is 1. The standard InChI is InChI=1S/C23H12ClF3N2O5/c24-12-2-4-13(5-3-12)29-21(31)14-6-1-11(9-15(14)22(29)32)23(33)34-10-18(30)28-17-8-7-16(25)19(26)20(17)27/h1-9H,10H2,(H,28,30). The highest BCUT2D eigenvalue weighted by molar-refractivity contribution is 6.35. The fraction of sp³-hybridized carbons (Fsp3) is 0.0435. The molecule has 3 amide bonds. The van der Waals surface area contributed by atoms with E-state index in [4.69, 9.17) is 16.3 Å². The third-order valence-electron chi connectivity index (χ3n) is 4.85. The summed E-state index contributed by atoms with van der Waals surface area (Å²) in [6.07, 6.45) is 0. The molecule has 0 aromatic heterocycles. The lowest BCUT2D eigenvalue weighted by atomic mass is 10.1. The topological polar surface area (TPSA) is 92.8 Å². The van der Waals surface area contributed by atoms with Crippen molar-refractivity contribution < 1.29 is 37.1 Å². The maximum Gasteiger partial charge on any atom is 0.338 e. The molecule has 0 fully saturated rings. The van der Waals surface area contributed by atoms with Crippen LogP contribution in [0.5, 0.6) is 0 Å². The van der Waals surface area contributed by atoms with E-state index in [2.05, 4.69) is 0 Å². The van der Waals surface area contributed by atoms with E-state index >= 15 is 0 Å². The van der Waals surface area contributed by atoms with Crippen LogP contribution in [0, 0.1) is 17.5 Å². The molecule has 0 radical (unpaired) electrons. The summed E-state index contributed by atoms with van der Waals surface area (Å²) in [6, 6.07) is 11.1. The molecule has 0 saturated heterocycles. The first-order valence-corrected chi connectivity index (χ1v) is 9.94. The van der Waals surface area contributed by atoms with Gasteiger partial charge in [0.2, 0.25) is 0 Å². The van der Waals surface area contributed by atoms with Crippen LogP contribution in [0.3, 0.4) is 0 Å². The monoisotopic (exact) mass is 488 g/mol. The van der Waals surface area contributed by atoms with Gasteiger partial charge in [0.25, 0.3) is 17.7 Å². The van der Waals surface area contributed by atoms with Gasteiger partial charge in [-0.25, -0.2) is 22.9 Å². The van der Waals surface area contributed by atoms with Gasteiger partial charge in [0.15, 0.2) is 24.1 Å². The van der Waals surface area contributed by atoms with Crippen LogP contribution in [0.15, 0.2) is 54.6 Å². The number of carbonyl (C=O) groups excluding carboxylic acids is 4. The summed E-state index contributed by atoms with van der Waals surface area (Å²) in [5.74, 6) is -8.07. The van der Waals surface area contributed by atoms with Crippen molar-refractivity contribution in [3.63, 3.8) is 0 Å². The maximum absolute atomic E-state index is 13.6. The van der Waals surface area contributed by atoms with Crippen molar-refractivity contribution in [2.45, 2.75) is 0 Å².